The second kappa shape index (κ2) is 7.33. The molecule has 2 nitrogen and oxygen atoms in total. The van der Waals surface area contributed by atoms with E-state index in [0.717, 1.165) is 13.1 Å². The van der Waals surface area contributed by atoms with Crippen molar-refractivity contribution in [3.05, 3.63) is 29.8 Å². The molecule has 0 spiro atoms. The molecule has 1 aromatic carbocycles. The van der Waals surface area contributed by atoms with Gasteiger partial charge in [0.05, 0.1) is 0 Å². The van der Waals surface area contributed by atoms with Crippen LogP contribution in [0.2, 0.25) is 0 Å². The van der Waals surface area contributed by atoms with Crippen LogP contribution >= 0.6 is 0 Å². The fourth-order valence-corrected chi connectivity index (χ4v) is 1.91. The molecule has 1 atom stereocenters. The average Bonchev–Trinajstić information content (AvgIpc) is 2.36. The molecule has 0 saturated carbocycles. The standard InChI is InChI=1S/C15H25NO/c1-4-6-11-16(13(3)5-2)12-14-7-9-15(17)10-8-14/h7-10,13,17H,4-6,11-12H2,1-3H3. The Morgan fingerprint density at radius 1 is 1.18 bits per heavy atom. The summed E-state index contributed by atoms with van der Waals surface area (Å²) in [5, 5.41) is 9.27. The molecule has 1 unspecified atom stereocenters. The number of rotatable bonds is 7. The highest BCUT2D eigenvalue weighted by atomic mass is 16.3. The summed E-state index contributed by atoms with van der Waals surface area (Å²) in [4.78, 5) is 2.52. The maximum atomic E-state index is 9.27. The molecule has 0 bridgehead atoms. The normalized spacial score (nSPS) is 12.9. The second-order valence-electron chi connectivity index (χ2n) is 4.75. The largest absolute Gasteiger partial charge is 0.508 e. The minimum atomic E-state index is 0.345. The van der Waals surface area contributed by atoms with Crippen molar-refractivity contribution in [3.63, 3.8) is 0 Å². The van der Waals surface area contributed by atoms with E-state index in [1.165, 1.54) is 24.8 Å². The van der Waals surface area contributed by atoms with Crippen LogP contribution in [0.15, 0.2) is 24.3 Å². The molecule has 0 radical (unpaired) electrons. The third kappa shape index (κ3) is 4.78. The van der Waals surface area contributed by atoms with Crippen molar-refractivity contribution < 1.29 is 5.11 Å². The summed E-state index contributed by atoms with van der Waals surface area (Å²) >= 11 is 0. The molecule has 2 heteroatoms. The zero-order chi connectivity index (χ0) is 12.7. The minimum absolute atomic E-state index is 0.345. The predicted octanol–water partition coefficient (Wildman–Crippen LogP) is 3.79. The highest BCUT2D eigenvalue weighted by Crippen LogP contribution is 2.15. The lowest BCUT2D eigenvalue weighted by Gasteiger charge is -2.28. The van der Waals surface area contributed by atoms with Gasteiger partial charge in [0.2, 0.25) is 0 Å². The van der Waals surface area contributed by atoms with E-state index in [2.05, 4.69) is 25.7 Å². The van der Waals surface area contributed by atoms with Gasteiger partial charge in [-0.2, -0.15) is 0 Å². The molecule has 1 rings (SSSR count). The lowest BCUT2D eigenvalue weighted by atomic mass is 10.1. The molecule has 0 amide bonds. The predicted molar refractivity (Wildman–Crippen MR) is 73.2 cm³/mol. The fraction of sp³-hybridized carbons (Fsp3) is 0.600. The fourth-order valence-electron chi connectivity index (χ4n) is 1.91. The van der Waals surface area contributed by atoms with Crippen LogP contribution in [0.1, 0.15) is 45.6 Å². The van der Waals surface area contributed by atoms with Gasteiger partial charge in [-0.3, -0.25) is 4.90 Å². The monoisotopic (exact) mass is 235 g/mol. The van der Waals surface area contributed by atoms with Gasteiger partial charge in [-0.15, -0.1) is 0 Å². The first kappa shape index (κ1) is 14.0. The molecule has 0 aliphatic carbocycles. The number of nitrogens with zero attached hydrogens (tertiary/aromatic N) is 1. The summed E-state index contributed by atoms with van der Waals surface area (Å²) in [6.45, 7) is 8.90. The van der Waals surface area contributed by atoms with Crippen LogP contribution in [-0.4, -0.2) is 22.6 Å². The molecule has 0 heterocycles. The maximum absolute atomic E-state index is 9.27. The lowest BCUT2D eigenvalue weighted by molar-refractivity contribution is 0.192. The quantitative estimate of drug-likeness (QED) is 0.777. The number of benzene rings is 1. The van der Waals surface area contributed by atoms with E-state index in [1.54, 1.807) is 12.1 Å². The highest BCUT2D eigenvalue weighted by Gasteiger charge is 2.11. The van der Waals surface area contributed by atoms with Crippen molar-refractivity contribution in [2.45, 2.75) is 52.6 Å². The molecule has 1 N–H and O–H groups in total. The van der Waals surface area contributed by atoms with E-state index in [1.807, 2.05) is 12.1 Å². The smallest absolute Gasteiger partial charge is 0.115 e. The molecule has 96 valence electrons. The molecule has 17 heavy (non-hydrogen) atoms. The molecular weight excluding hydrogens is 210 g/mol. The van der Waals surface area contributed by atoms with Gasteiger partial charge in [0.1, 0.15) is 5.75 Å². The van der Waals surface area contributed by atoms with Gasteiger partial charge in [0.15, 0.2) is 0 Å². The van der Waals surface area contributed by atoms with Crippen molar-refractivity contribution in [1.29, 1.82) is 0 Å². The Balaban J connectivity index is 2.61. The van der Waals surface area contributed by atoms with Crippen LogP contribution in [0.4, 0.5) is 0 Å². The summed E-state index contributed by atoms with van der Waals surface area (Å²) in [6, 6.07) is 8.18. The highest BCUT2D eigenvalue weighted by molar-refractivity contribution is 5.25. The summed E-state index contributed by atoms with van der Waals surface area (Å²) in [6.07, 6.45) is 3.67. The van der Waals surface area contributed by atoms with Crippen LogP contribution in [0.25, 0.3) is 0 Å². The topological polar surface area (TPSA) is 23.5 Å². The summed E-state index contributed by atoms with van der Waals surface area (Å²) in [7, 11) is 0. The average molecular weight is 235 g/mol. The number of phenolic OH excluding ortho intramolecular Hbond substituents is 1. The van der Waals surface area contributed by atoms with E-state index >= 15 is 0 Å². The van der Waals surface area contributed by atoms with Gasteiger partial charge in [-0.05, 0) is 44.0 Å². The Hall–Kier alpha value is -1.02. The molecular formula is C15H25NO. The molecule has 0 aromatic heterocycles. The van der Waals surface area contributed by atoms with Gasteiger partial charge in [0, 0.05) is 12.6 Å². The Bertz CT molecular complexity index is 307. The first-order valence-electron chi connectivity index (χ1n) is 6.69. The Labute approximate surface area is 105 Å². The number of hydrogen-bond donors (Lipinski definition) is 1. The Morgan fingerprint density at radius 3 is 2.35 bits per heavy atom. The Kier molecular flexibility index (Phi) is 6.06. The minimum Gasteiger partial charge on any atom is -0.508 e. The maximum Gasteiger partial charge on any atom is 0.115 e. The van der Waals surface area contributed by atoms with Gasteiger partial charge < -0.3 is 5.11 Å². The van der Waals surface area contributed by atoms with E-state index in [0.29, 0.717) is 11.8 Å². The summed E-state index contributed by atoms with van der Waals surface area (Å²) < 4.78 is 0. The van der Waals surface area contributed by atoms with Crippen LogP contribution in [0.5, 0.6) is 5.75 Å². The van der Waals surface area contributed by atoms with E-state index in [9.17, 15) is 5.11 Å². The van der Waals surface area contributed by atoms with E-state index in [-0.39, 0.29) is 0 Å². The molecule has 0 aliphatic rings. The first-order valence-corrected chi connectivity index (χ1v) is 6.69. The van der Waals surface area contributed by atoms with E-state index in [4.69, 9.17) is 0 Å². The van der Waals surface area contributed by atoms with E-state index < -0.39 is 0 Å². The first-order chi connectivity index (χ1) is 8.17. The van der Waals surface area contributed by atoms with Crippen LogP contribution < -0.4 is 0 Å². The third-order valence-corrected chi connectivity index (χ3v) is 3.34. The SMILES string of the molecule is CCCCN(Cc1ccc(O)cc1)C(C)CC. The van der Waals surface area contributed by atoms with Crippen LogP contribution in [-0.2, 0) is 6.54 Å². The zero-order valence-corrected chi connectivity index (χ0v) is 11.3. The third-order valence-electron chi connectivity index (χ3n) is 3.34. The van der Waals surface area contributed by atoms with Crippen molar-refractivity contribution in [2.75, 3.05) is 6.54 Å². The van der Waals surface area contributed by atoms with Gasteiger partial charge >= 0.3 is 0 Å². The molecule has 0 aliphatic heterocycles. The molecule has 0 saturated heterocycles. The van der Waals surface area contributed by atoms with Gasteiger partial charge in [-0.1, -0.05) is 32.4 Å². The van der Waals surface area contributed by atoms with Gasteiger partial charge in [-0.25, -0.2) is 0 Å². The van der Waals surface area contributed by atoms with Crippen molar-refractivity contribution in [2.24, 2.45) is 0 Å². The number of unbranched alkanes of at least 4 members (excludes halogenated alkanes) is 1. The van der Waals surface area contributed by atoms with Gasteiger partial charge in [0.25, 0.3) is 0 Å². The molecule has 0 fully saturated rings. The Morgan fingerprint density at radius 2 is 1.82 bits per heavy atom. The summed E-state index contributed by atoms with van der Waals surface area (Å²) in [5.74, 6) is 0.345. The zero-order valence-electron chi connectivity index (χ0n) is 11.3. The number of hydrogen-bond acceptors (Lipinski definition) is 2. The van der Waals surface area contributed by atoms with Crippen LogP contribution in [0.3, 0.4) is 0 Å². The number of phenols is 1. The lowest BCUT2D eigenvalue weighted by Crippen LogP contribution is -2.32. The van der Waals surface area contributed by atoms with Crippen molar-refractivity contribution in [3.8, 4) is 5.75 Å². The molecule has 1 aromatic rings. The van der Waals surface area contributed by atoms with Crippen LogP contribution in [0, 0.1) is 0 Å². The number of aromatic hydroxyl groups is 1. The second-order valence-corrected chi connectivity index (χ2v) is 4.75. The van der Waals surface area contributed by atoms with Crippen molar-refractivity contribution in [1.82, 2.24) is 4.90 Å². The van der Waals surface area contributed by atoms with Crippen molar-refractivity contribution >= 4 is 0 Å². The summed E-state index contributed by atoms with van der Waals surface area (Å²) in [5.41, 5.74) is 1.28.